The molecular weight excluding hydrogens is 358 g/mol. The van der Waals surface area contributed by atoms with E-state index >= 15 is 0 Å². The Labute approximate surface area is 160 Å². The topological polar surface area (TPSA) is 96.5 Å². The van der Waals surface area contributed by atoms with E-state index in [-0.39, 0.29) is 24.4 Å². The summed E-state index contributed by atoms with van der Waals surface area (Å²) in [6.45, 7) is 1.51. The lowest BCUT2D eigenvalue weighted by atomic mass is 9.79. The second-order valence-electron chi connectivity index (χ2n) is 6.87. The van der Waals surface area contributed by atoms with Crippen molar-refractivity contribution in [1.29, 1.82) is 0 Å². The van der Waals surface area contributed by atoms with Gasteiger partial charge >= 0.3 is 5.97 Å². The van der Waals surface area contributed by atoms with Crippen molar-refractivity contribution in [2.45, 2.75) is 19.3 Å². The number of esters is 1. The maximum Gasteiger partial charge on any atom is 0.313 e. The van der Waals surface area contributed by atoms with Gasteiger partial charge in [-0.15, -0.1) is 0 Å². The van der Waals surface area contributed by atoms with Crippen molar-refractivity contribution < 1.29 is 19.4 Å². The van der Waals surface area contributed by atoms with Crippen LogP contribution in [0.25, 0.3) is 22.0 Å². The van der Waals surface area contributed by atoms with Crippen molar-refractivity contribution in [2.75, 3.05) is 13.7 Å². The highest BCUT2D eigenvalue weighted by molar-refractivity contribution is 6.26. The van der Waals surface area contributed by atoms with Crippen LogP contribution in [0.5, 0.6) is 0 Å². The molecule has 3 aromatic rings. The fourth-order valence-corrected chi connectivity index (χ4v) is 4.05. The van der Waals surface area contributed by atoms with E-state index in [1.165, 1.54) is 7.11 Å². The van der Waals surface area contributed by atoms with Crippen LogP contribution in [0.15, 0.2) is 41.2 Å². The molecule has 0 saturated heterocycles. The number of aromatic nitrogens is 1. The van der Waals surface area contributed by atoms with Crippen LogP contribution in [0.3, 0.4) is 0 Å². The minimum Gasteiger partial charge on any atom is -0.469 e. The number of nitrogens with one attached hydrogen (secondary N) is 1. The highest BCUT2D eigenvalue weighted by Gasteiger charge is 2.33. The van der Waals surface area contributed by atoms with Gasteiger partial charge in [0.25, 0.3) is 5.56 Å². The molecule has 1 aromatic heterocycles. The quantitative estimate of drug-likeness (QED) is 0.533. The summed E-state index contributed by atoms with van der Waals surface area (Å²) >= 11 is 0. The summed E-state index contributed by atoms with van der Waals surface area (Å²) in [6.07, 6.45) is 0.137. The van der Waals surface area contributed by atoms with Crippen LogP contribution in [0.4, 0.5) is 0 Å². The summed E-state index contributed by atoms with van der Waals surface area (Å²) in [7, 11) is 1.28. The maximum absolute atomic E-state index is 13.4. The molecule has 0 radical (unpaired) electrons. The van der Waals surface area contributed by atoms with Crippen molar-refractivity contribution >= 4 is 22.5 Å². The molecule has 2 N–H and O–H groups in total. The Morgan fingerprint density at radius 1 is 1.14 bits per heavy atom. The second-order valence-corrected chi connectivity index (χ2v) is 6.87. The van der Waals surface area contributed by atoms with E-state index in [4.69, 9.17) is 4.74 Å². The van der Waals surface area contributed by atoms with E-state index < -0.39 is 11.9 Å². The third kappa shape index (κ3) is 2.49. The zero-order chi connectivity index (χ0) is 20.0. The Morgan fingerprint density at radius 2 is 1.86 bits per heavy atom. The number of hydrogen-bond acceptors (Lipinski definition) is 5. The van der Waals surface area contributed by atoms with E-state index in [9.17, 15) is 19.5 Å². The summed E-state index contributed by atoms with van der Waals surface area (Å²) < 4.78 is 4.89. The van der Waals surface area contributed by atoms with Crippen LogP contribution in [0, 0.1) is 6.92 Å². The molecule has 28 heavy (non-hydrogen) atoms. The van der Waals surface area contributed by atoms with Gasteiger partial charge in [0.15, 0.2) is 5.78 Å². The number of aryl methyl sites for hydroxylation is 1. The first-order chi connectivity index (χ1) is 13.5. The van der Waals surface area contributed by atoms with E-state index in [1.54, 1.807) is 37.3 Å². The largest absolute Gasteiger partial charge is 0.469 e. The Balaban J connectivity index is 2.09. The number of carbonyl (C=O) groups excluding carboxylic acids is 2. The Morgan fingerprint density at radius 3 is 2.57 bits per heavy atom. The fourth-order valence-electron chi connectivity index (χ4n) is 4.05. The van der Waals surface area contributed by atoms with E-state index in [0.717, 1.165) is 5.39 Å². The first kappa shape index (κ1) is 18.1. The summed E-state index contributed by atoms with van der Waals surface area (Å²) in [6, 6.07) is 10.5. The molecule has 0 spiro atoms. The third-order valence-corrected chi connectivity index (χ3v) is 5.41. The van der Waals surface area contributed by atoms with E-state index in [0.29, 0.717) is 38.9 Å². The predicted molar refractivity (Wildman–Crippen MR) is 105 cm³/mol. The van der Waals surface area contributed by atoms with E-state index in [1.807, 2.05) is 6.07 Å². The number of benzene rings is 2. The number of pyridine rings is 1. The molecule has 2 aromatic carbocycles. The number of aromatic amines is 1. The number of aliphatic hydroxyl groups is 1. The van der Waals surface area contributed by atoms with Gasteiger partial charge in [0, 0.05) is 34.2 Å². The van der Waals surface area contributed by atoms with Crippen molar-refractivity contribution in [3.63, 3.8) is 0 Å². The summed E-state index contributed by atoms with van der Waals surface area (Å²) in [4.78, 5) is 41.1. The van der Waals surface area contributed by atoms with Crippen LogP contribution in [-0.2, 0) is 9.53 Å². The van der Waals surface area contributed by atoms with Crippen molar-refractivity contribution in [3.8, 4) is 11.3 Å². The molecule has 6 heteroatoms. The molecule has 142 valence electrons. The molecule has 0 aliphatic heterocycles. The van der Waals surface area contributed by atoms with Gasteiger partial charge in [-0.05, 0) is 24.3 Å². The number of hydrogen-bond donors (Lipinski definition) is 2. The Hall–Kier alpha value is -3.25. The molecule has 0 saturated carbocycles. The minimum absolute atomic E-state index is 0.137. The molecule has 0 amide bonds. The zero-order valence-electron chi connectivity index (χ0n) is 15.5. The molecule has 0 fully saturated rings. The van der Waals surface area contributed by atoms with Gasteiger partial charge in [-0.25, -0.2) is 0 Å². The number of methoxy groups -OCH3 is 1. The number of aliphatic hydroxyl groups excluding tert-OH is 1. The average Bonchev–Trinajstić information content (AvgIpc) is 2.72. The molecule has 1 unspecified atom stereocenters. The monoisotopic (exact) mass is 377 g/mol. The molecule has 1 heterocycles. The molecule has 6 nitrogen and oxygen atoms in total. The minimum atomic E-state index is -0.771. The predicted octanol–water partition coefficient (Wildman–Crippen LogP) is 2.69. The standard InChI is InChI=1S/C22H19NO5/c1-11-12-5-3-8-16-17(12)19(23-21(11)26)15-7-4-6-13(18(15)20(16)25)14(9-10-24)22(27)28-2/h3-8,14,24H,9-10H2,1-2H3,(H,23,26). The van der Waals surface area contributed by atoms with Crippen LogP contribution in [0.1, 0.15) is 39.4 Å². The van der Waals surface area contributed by atoms with Gasteiger partial charge in [-0.2, -0.15) is 0 Å². The highest BCUT2D eigenvalue weighted by atomic mass is 16.5. The second kappa shape index (κ2) is 6.73. The fraction of sp³-hybridized carbons (Fsp3) is 0.227. The number of carbonyl (C=O) groups is 2. The number of ketones is 1. The lowest BCUT2D eigenvalue weighted by Crippen LogP contribution is -2.23. The number of H-pyrrole nitrogens is 1. The number of rotatable bonds is 4. The summed E-state index contributed by atoms with van der Waals surface area (Å²) in [5, 5.41) is 10.9. The number of ether oxygens (including phenoxy) is 1. The SMILES string of the molecule is COC(=O)C(CCO)c1cccc2c1C(=O)c1cccc3c(C)c(=O)[nH]c-2c13. The lowest BCUT2D eigenvalue weighted by molar-refractivity contribution is -0.142. The molecule has 0 bridgehead atoms. The summed E-state index contributed by atoms with van der Waals surface area (Å²) in [5.74, 6) is -1.49. The molecule has 4 rings (SSSR count). The van der Waals surface area contributed by atoms with Crippen LogP contribution >= 0.6 is 0 Å². The molecule has 1 aliphatic carbocycles. The van der Waals surface area contributed by atoms with Crippen molar-refractivity contribution in [3.05, 3.63) is 69.0 Å². The van der Waals surface area contributed by atoms with Gasteiger partial charge in [0.2, 0.25) is 0 Å². The van der Waals surface area contributed by atoms with Gasteiger partial charge in [-0.3, -0.25) is 14.4 Å². The van der Waals surface area contributed by atoms with Gasteiger partial charge < -0.3 is 14.8 Å². The van der Waals surface area contributed by atoms with Crippen molar-refractivity contribution in [1.82, 2.24) is 4.98 Å². The Bertz CT molecular complexity index is 1190. The van der Waals surface area contributed by atoms with E-state index in [2.05, 4.69) is 4.98 Å². The maximum atomic E-state index is 13.4. The van der Waals surface area contributed by atoms with Gasteiger partial charge in [0.05, 0.1) is 18.7 Å². The average molecular weight is 377 g/mol. The Kier molecular flexibility index (Phi) is 4.35. The molecule has 1 atom stereocenters. The van der Waals surface area contributed by atoms with Crippen molar-refractivity contribution in [2.24, 2.45) is 0 Å². The first-order valence-corrected chi connectivity index (χ1v) is 9.01. The lowest BCUT2D eigenvalue weighted by Gasteiger charge is -2.25. The van der Waals surface area contributed by atoms with Crippen LogP contribution in [0.2, 0.25) is 0 Å². The number of fused-ring (bicyclic) bond motifs is 2. The first-order valence-electron chi connectivity index (χ1n) is 9.01. The van der Waals surface area contributed by atoms with Crippen LogP contribution in [-0.4, -0.2) is 35.6 Å². The highest BCUT2D eigenvalue weighted by Crippen LogP contribution is 2.41. The normalized spacial score (nSPS) is 13.3. The molecule has 1 aliphatic rings. The smallest absolute Gasteiger partial charge is 0.313 e. The molecular formula is C22H19NO5. The van der Waals surface area contributed by atoms with Gasteiger partial charge in [-0.1, -0.05) is 36.4 Å². The van der Waals surface area contributed by atoms with Crippen LogP contribution < -0.4 is 5.56 Å². The third-order valence-electron chi connectivity index (χ3n) is 5.41. The zero-order valence-corrected chi connectivity index (χ0v) is 15.5. The van der Waals surface area contributed by atoms with Gasteiger partial charge in [0.1, 0.15) is 0 Å². The summed E-state index contributed by atoms with van der Waals surface area (Å²) in [5.41, 5.74) is 2.84.